The van der Waals surface area contributed by atoms with Crippen molar-refractivity contribution in [1.82, 2.24) is 19.7 Å². The molecule has 1 saturated carbocycles. The van der Waals surface area contributed by atoms with E-state index in [1.807, 2.05) is 27.8 Å². The van der Waals surface area contributed by atoms with E-state index in [0.29, 0.717) is 23.9 Å². The second-order valence-corrected chi connectivity index (χ2v) is 8.65. The summed E-state index contributed by atoms with van der Waals surface area (Å²) in [6, 6.07) is 7.58. The lowest BCUT2D eigenvalue weighted by Crippen LogP contribution is -2.40. The Balaban J connectivity index is 1.37. The minimum atomic E-state index is 0.182. The van der Waals surface area contributed by atoms with Gasteiger partial charge in [-0.2, -0.15) is 5.10 Å². The summed E-state index contributed by atoms with van der Waals surface area (Å²) in [5, 5.41) is 19.4. The van der Waals surface area contributed by atoms with Crippen LogP contribution >= 0.6 is 0 Å². The first kappa shape index (κ1) is 18.3. The lowest BCUT2D eigenvalue weighted by molar-refractivity contribution is -0.133. The molecule has 0 unspecified atom stereocenters. The van der Waals surface area contributed by atoms with Crippen LogP contribution < -0.4 is 11.1 Å². The number of H-pyrrole nitrogens is 1. The van der Waals surface area contributed by atoms with Crippen molar-refractivity contribution in [2.75, 3.05) is 25.1 Å². The first-order chi connectivity index (χ1) is 15.1. The van der Waals surface area contributed by atoms with Gasteiger partial charge in [0.05, 0.1) is 22.8 Å². The zero-order chi connectivity index (χ0) is 21.1. The number of phenols is 1. The summed E-state index contributed by atoms with van der Waals surface area (Å²) in [5.41, 5.74) is 9.26. The summed E-state index contributed by atoms with van der Waals surface area (Å²) in [7, 11) is 0. The van der Waals surface area contributed by atoms with Crippen LogP contribution in [0.3, 0.4) is 0 Å². The number of aromatic amines is 1. The Morgan fingerprint density at radius 2 is 2.00 bits per heavy atom. The predicted octanol–water partition coefficient (Wildman–Crippen LogP) is 2.40. The number of amidine groups is 1. The molecule has 1 saturated heterocycles. The predicted molar refractivity (Wildman–Crippen MR) is 118 cm³/mol. The van der Waals surface area contributed by atoms with Crippen molar-refractivity contribution in [3.05, 3.63) is 29.8 Å². The maximum Gasteiger partial charge on any atom is 0.225 e. The van der Waals surface area contributed by atoms with E-state index in [0.717, 1.165) is 66.9 Å². The molecule has 6 rings (SSSR count). The van der Waals surface area contributed by atoms with Crippen molar-refractivity contribution < 1.29 is 9.90 Å². The van der Waals surface area contributed by atoms with Crippen LogP contribution in [0.4, 0.5) is 5.82 Å². The van der Waals surface area contributed by atoms with Gasteiger partial charge in [-0.1, -0.05) is 12.1 Å². The van der Waals surface area contributed by atoms with E-state index in [4.69, 9.17) is 10.8 Å². The highest BCUT2D eigenvalue weighted by atomic mass is 16.3. The molecule has 160 valence electrons. The van der Waals surface area contributed by atoms with E-state index in [-0.39, 0.29) is 17.7 Å². The minimum Gasteiger partial charge on any atom is -0.506 e. The number of benzene rings is 1. The molecular formula is C22H25N7O2. The fraction of sp³-hybridized carbons (Fsp3) is 0.409. The number of phenolic OH excluding ortho intramolecular Hbond substituents is 1. The smallest absolute Gasteiger partial charge is 0.225 e. The maximum absolute atomic E-state index is 12.4. The lowest BCUT2D eigenvalue weighted by atomic mass is 10.0. The number of hydrogen-bond acceptors (Lipinski definition) is 6. The molecule has 0 spiro atoms. The van der Waals surface area contributed by atoms with Crippen molar-refractivity contribution in [3.63, 3.8) is 0 Å². The SMILES string of the molecule is NC1=NCNc2c1c(-c1cc3cccc(O)c3[nH]1)nn2C1CCN(C(=O)C2CC2)CC1. The topological polar surface area (TPSA) is 125 Å². The Morgan fingerprint density at radius 1 is 1.19 bits per heavy atom. The molecule has 9 nitrogen and oxygen atoms in total. The number of nitrogens with zero attached hydrogens (tertiary/aromatic N) is 4. The van der Waals surface area contributed by atoms with Crippen LogP contribution in [0.15, 0.2) is 29.3 Å². The van der Waals surface area contributed by atoms with E-state index >= 15 is 0 Å². The zero-order valence-corrected chi connectivity index (χ0v) is 17.1. The van der Waals surface area contributed by atoms with Crippen molar-refractivity contribution in [3.8, 4) is 17.1 Å². The van der Waals surface area contributed by atoms with Gasteiger partial charge in [-0.05, 0) is 37.8 Å². The molecule has 1 aliphatic carbocycles. The maximum atomic E-state index is 12.4. The molecule has 2 aromatic heterocycles. The summed E-state index contributed by atoms with van der Waals surface area (Å²) >= 11 is 0. The first-order valence-corrected chi connectivity index (χ1v) is 10.9. The molecule has 3 aliphatic rings. The van der Waals surface area contributed by atoms with Gasteiger partial charge in [0.1, 0.15) is 29.8 Å². The average molecular weight is 419 g/mol. The summed E-state index contributed by atoms with van der Waals surface area (Å²) in [4.78, 5) is 22.1. The summed E-state index contributed by atoms with van der Waals surface area (Å²) < 4.78 is 2.02. The van der Waals surface area contributed by atoms with Crippen molar-refractivity contribution in [2.24, 2.45) is 16.6 Å². The van der Waals surface area contributed by atoms with Gasteiger partial charge in [0.15, 0.2) is 0 Å². The van der Waals surface area contributed by atoms with Gasteiger partial charge in [-0.25, -0.2) is 9.67 Å². The molecule has 1 amide bonds. The molecule has 31 heavy (non-hydrogen) atoms. The Hall–Kier alpha value is -3.49. The second kappa shape index (κ2) is 6.76. The van der Waals surface area contributed by atoms with Crippen LogP contribution in [-0.2, 0) is 4.79 Å². The third-order valence-electron chi connectivity index (χ3n) is 6.60. The zero-order valence-electron chi connectivity index (χ0n) is 17.1. The number of aromatic hydroxyl groups is 1. The number of fused-ring (bicyclic) bond motifs is 2. The lowest BCUT2D eigenvalue weighted by Gasteiger charge is -2.33. The van der Waals surface area contributed by atoms with Gasteiger partial charge in [0.2, 0.25) is 5.91 Å². The molecule has 2 fully saturated rings. The number of piperidine rings is 1. The minimum absolute atomic E-state index is 0.182. The van der Waals surface area contributed by atoms with Crippen LogP contribution in [0.25, 0.3) is 22.3 Å². The standard InChI is InChI=1S/C22H25N7O2/c23-20-17-19(15-10-13-2-1-3-16(30)18(13)26-15)27-29(21(17)25-11-24-20)14-6-8-28(9-7-14)22(31)12-4-5-12/h1-3,10,12,14,25-26,30H,4-9,11H2,(H2,23,24). The molecule has 1 aromatic carbocycles. The monoisotopic (exact) mass is 419 g/mol. The first-order valence-electron chi connectivity index (χ1n) is 10.9. The van der Waals surface area contributed by atoms with Crippen LogP contribution in [0.1, 0.15) is 37.3 Å². The number of amides is 1. The normalized spacial score (nSPS) is 19.2. The van der Waals surface area contributed by atoms with Crippen molar-refractivity contribution >= 4 is 28.5 Å². The fourth-order valence-electron chi connectivity index (χ4n) is 4.76. The Morgan fingerprint density at radius 3 is 2.74 bits per heavy atom. The number of para-hydroxylation sites is 1. The second-order valence-electron chi connectivity index (χ2n) is 8.65. The largest absolute Gasteiger partial charge is 0.506 e. The Bertz CT molecular complexity index is 1210. The molecule has 0 bridgehead atoms. The van der Waals surface area contributed by atoms with Crippen LogP contribution in [-0.4, -0.2) is 56.3 Å². The van der Waals surface area contributed by atoms with Gasteiger partial charge in [0.25, 0.3) is 0 Å². The van der Waals surface area contributed by atoms with E-state index in [1.54, 1.807) is 6.07 Å². The quantitative estimate of drug-likeness (QED) is 0.519. The number of rotatable bonds is 3. The van der Waals surface area contributed by atoms with Gasteiger partial charge >= 0.3 is 0 Å². The molecular weight excluding hydrogens is 394 g/mol. The molecule has 3 aromatic rings. The van der Waals surface area contributed by atoms with E-state index in [2.05, 4.69) is 15.3 Å². The number of aromatic nitrogens is 3. The molecule has 0 atom stereocenters. The summed E-state index contributed by atoms with van der Waals surface area (Å²) in [6.07, 6.45) is 3.80. The summed E-state index contributed by atoms with van der Waals surface area (Å²) in [5.74, 6) is 2.10. The highest BCUT2D eigenvalue weighted by molar-refractivity contribution is 6.08. The molecule has 9 heteroatoms. The molecule has 5 N–H and O–H groups in total. The number of likely N-dealkylation sites (tertiary alicyclic amines) is 1. The molecule has 0 radical (unpaired) electrons. The molecule has 4 heterocycles. The summed E-state index contributed by atoms with van der Waals surface area (Å²) in [6.45, 7) is 1.93. The van der Waals surface area contributed by atoms with Gasteiger partial charge in [-0.15, -0.1) is 0 Å². The Kier molecular flexibility index (Phi) is 3.99. The van der Waals surface area contributed by atoms with Gasteiger partial charge in [-0.3, -0.25) is 4.79 Å². The fourth-order valence-corrected chi connectivity index (χ4v) is 4.76. The van der Waals surface area contributed by atoms with E-state index in [1.165, 1.54) is 0 Å². The average Bonchev–Trinajstić information content (AvgIpc) is 3.41. The van der Waals surface area contributed by atoms with Crippen LogP contribution in [0, 0.1) is 5.92 Å². The number of aliphatic imine (C=N–C) groups is 1. The number of hydrogen-bond donors (Lipinski definition) is 4. The third kappa shape index (κ3) is 2.95. The highest BCUT2D eigenvalue weighted by Gasteiger charge is 2.36. The third-order valence-corrected chi connectivity index (χ3v) is 6.60. The van der Waals surface area contributed by atoms with E-state index < -0.39 is 0 Å². The molecule has 2 aliphatic heterocycles. The van der Waals surface area contributed by atoms with Crippen molar-refractivity contribution in [1.29, 1.82) is 0 Å². The van der Waals surface area contributed by atoms with Gasteiger partial charge < -0.3 is 26.0 Å². The van der Waals surface area contributed by atoms with E-state index in [9.17, 15) is 9.90 Å². The number of anilines is 1. The number of nitrogens with two attached hydrogens (primary N) is 1. The number of carbonyl (C=O) groups excluding carboxylic acids is 1. The van der Waals surface area contributed by atoms with Crippen molar-refractivity contribution in [2.45, 2.75) is 31.7 Å². The highest BCUT2D eigenvalue weighted by Crippen LogP contribution is 2.38. The Labute approximate surface area is 178 Å². The number of nitrogens with one attached hydrogen (secondary N) is 2. The van der Waals surface area contributed by atoms with Crippen LogP contribution in [0.2, 0.25) is 0 Å². The van der Waals surface area contributed by atoms with Gasteiger partial charge in [0, 0.05) is 24.4 Å². The van der Waals surface area contributed by atoms with Crippen LogP contribution in [0.5, 0.6) is 5.75 Å². The number of carbonyl (C=O) groups is 1.